The van der Waals surface area contributed by atoms with Crippen LogP contribution in [-0.2, 0) is 19.3 Å². The van der Waals surface area contributed by atoms with Crippen molar-refractivity contribution in [1.29, 1.82) is 0 Å². The number of nitrogens with zero attached hydrogens (tertiary/aromatic N) is 2. The molecule has 1 aliphatic rings. The second-order valence-electron chi connectivity index (χ2n) is 8.35. The molecule has 1 fully saturated rings. The van der Waals surface area contributed by atoms with E-state index in [-0.39, 0.29) is 16.5 Å². The highest BCUT2D eigenvalue weighted by molar-refractivity contribution is 7.93. The van der Waals surface area contributed by atoms with Crippen LogP contribution in [-0.4, -0.2) is 43.8 Å². The minimum Gasteiger partial charge on any atom is -0.480 e. The molecule has 31 heavy (non-hydrogen) atoms. The first-order valence-corrected chi connectivity index (χ1v) is 11.3. The van der Waals surface area contributed by atoms with E-state index in [9.17, 15) is 8.42 Å². The minimum atomic E-state index is -3.97. The molecule has 0 bridgehead atoms. The van der Waals surface area contributed by atoms with Gasteiger partial charge in [0.1, 0.15) is 10.6 Å². The summed E-state index contributed by atoms with van der Waals surface area (Å²) in [6.45, 7) is 7.78. The molecule has 0 saturated carbocycles. The Bertz CT molecular complexity index is 1230. The number of ether oxygens (including phenoxy) is 1. The molecule has 0 radical (unpaired) electrons. The monoisotopic (exact) mass is 441 g/mol. The van der Waals surface area contributed by atoms with Gasteiger partial charge in [-0.3, -0.25) is 9.71 Å². The number of nitrogens with one attached hydrogen (secondary N) is 1. The Balaban J connectivity index is 1.72. The first-order valence-electron chi connectivity index (χ1n) is 9.80. The second kappa shape index (κ2) is 7.47. The van der Waals surface area contributed by atoms with Crippen LogP contribution in [0.3, 0.4) is 0 Å². The zero-order valence-corrected chi connectivity index (χ0v) is 18.9. The lowest BCUT2D eigenvalue weighted by molar-refractivity contribution is 0.00578. The second-order valence-corrected chi connectivity index (χ2v) is 10.0. The number of benzene rings is 1. The molecule has 0 atom stereocenters. The molecule has 2 aromatic heterocycles. The first kappa shape index (κ1) is 21.5. The Morgan fingerprint density at radius 2 is 1.71 bits per heavy atom. The van der Waals surface area contributed by atoms with E-state index < -0.39 is 28.3 Å². The molecular formula is C21H24BN3O5S. The van der Waals surface area contributed by atoms with E-state index in [1.807, 2.05) is 39.8 Å². The van der Waals surface area contributed by atoms with Gasteiger partial charge < -0.3 is 14.0 Å². The van der Waals surface area contributed by atoms with Crippen molar-refractivity contribution in [1.82, 2.24) is 9.97 Å². The van der Waals surface area contributed by atoms with Gasteiger partial charge in [0.05, 0.1) is 23.8 Å². The smallest absolute Gasteiger partial charge is 0.480 e. The molecule has 8 nitrogen and oxygen atoms in total. The number of hydrogen-bond acceptors (Lipinski definition) is 7. The van der Waals surface area contributed by atoms with E-state index in [4.69, 9.17) is 14.0 Å². The van der Waals surface area contributed by atoms with Gasteiger partial charge in [0.25, 0.3) is 10.0 Å². The topological polar surface area (TPSA) is 99.6 Å². The van der Waals surface area contributed by atoms with Gasteiger partial charge >= 0.3 is 7.12 Å². The van der Waals surface area contributed by atoms with Gasteiger partial charge in [0.2, 0.25) is 5.88 Å². The van der Waals surface area contributed by atoms with Crippen LogP contribution >= 0.6 is 0 Å². The van der Waals surface area contributed by atoms with Crippen LogP contribution in [0, 0.1) is 0 Å². The van der Waals surface area contributed by atoms with Crippen LogP contribution in [0.5, 0.6) is 5.88 Å². The summed E-state index contributed by atoms with van der Waals surface area (Å²) in [7, 11) is -3.24. The number of anilines is 1. The Labute approximate surface area is 182 Å². The highest BCUT2D eigenvalue weighted by atomic mass is 32.2. The Morgan fingerprint density at radius 1 is 1.03 bits per heavy atom. The number of hydrogen-bond donors (Lipinski definition) is 1. The maximum absolute atomic E-state index is 13.2. The van der Waals surface area contributed by atoms with Crippen molar-refractivity contribution in [2.75, 3.05) is 11.8 Å². The van der Waals surface area contributed by atoms with Crippen LogP contribution in [0.2, 0.25) is 0 Å². The third-order valence-electron chi connectivity index (χ3n) is 5.72. The van der Waals surface area contributed by atoms with Gasteiger partial charge in [-0.15, -0.1) is 0 Å². The van der Waals surface area contributed by atoms with Crippen LogP contribution in [0.25, 0.3) is 10.9 Å². The zero-order chi connectivity index (χ0) is 22.4. The summed E-state index contributed by atoms with van der Waals surface area (Å²) in [6.07, 6.45) is 3.11. The van der Waals surface area contributed by atoms with Crippen molar-refractivity contribution in [2.45, 2.75) is 43.8 Å². The third-order valence-corrected chi connectivity index (χ3v) is 7.12. The van der Waals surface area contributed by atoms with E-state index in [1.54, 1.807) is 30.6 Å². The number of aromatic nitrogens is 2. The predicted octanol–water partition coefficient (Wildman–Crippen LogP) is 2.74. The maximum atomic E-state index is 13.2. The van der Waals surface area contributed by atoms with Crippen LogP contribution in [0.15, 0.2) is 53.7 Å². The molecule has 10 heteroatoms. The van der Waals surface area contributed by atoms with Gasteiger partial charge in [-0.05, 0) is 45.9 Å². The first-order chi connectivity index (χ1) is 14.5. The van der Waals surface area contributed by atoms with Crippen molar-refractivity contribution >= 4 is 39.2 Å². The van der Waals surface area contributed by atoms with Crippen molar-refractivity contribution in [2.24, 2.45) is 0 Å². The zero-order valence-electron chi connectivity index (χ0n) is 18.0. The molecule has 1 aliphatic heterocycles. The minimum absolute atomic E-state index is 0.0636. The average molecular weight is 441 g/mol. The van der Waals surface area contributed by atoms with E-state index >= 15 is 0 Å². The molecule has 1 saturated heterocycles. The number of fused-ring (bicyclic) bond motifs is 1. The fourth-order valence-corrected chi connectivity index (χ4v) is 4.53. The standard InChI is InChI=1S/C21H24BN3O5S/c1-20(2)21(3,4)30-22(29-20)15-12-16(19(28-5)24-13-15)25-31(26,27)17-10-6-8-14-9-7-11-23-18(14)17/h6-13,25H,1-5H3. The number of pyridine rings is 2. The molecule has 162 valence electrons. The average Bonchev–Trinajstić information content (AvgIpc) is 2.94. The number of sulfonamides is 1. The van der Waals surface area contributed by atoms with Gasteiger partial charge in [0.15, 0.2) is 0 Å². The lowest BCUT2D eigenvalue weighted by atomic mass is 9.80. The summed E-state index contributed by atoms with van der Waals surface area (Å²) in [5.74, 6) is 0.136. The molecule has 0 aliphatic carbocycles. The molecule has 3 aromatic rings. The molecule has 0 amide bonds. The number of para-hydroxylation sites is 1. The molecular weight excluding hydrogens is 417 g/mol. The van der Waals surface area contributed by atoms with Crippen molar-refractivity contribution in [3.05, 3.63) is 48.8 Å². The Kier molecular flexibility index (Phi) is 5.19. The lowest BCUT2D eigenvalue weighted by Gasteiger charge is -2.32. The molecule has 3 heterocycles. The molecule has 4 rings (SSSR count). The largest absolute Gasteiger partial charge is 0.496 e. The molecule has 1 aromatic carbocycles. The van der Waals surface area contributed by atoms with Gasteiger partial charge in [-0.25, -0.2) is 13.4 Å². The van der Waals surface area contributed by atoms with E-state index in [0.717, 1.165) is 5.39 Å². The van der Waals surface area contributed by atoms with E-state index in [1.165, 1.54) is 13.2 Å². The van der Waals surface area contributed by atoms with Crippen LogP contribution < -0.4 is 14.9 Å². The summed E-state index contributed by atoms with van der Waals surface area (Å²) < 4.78 is 46.4. The molecule has 0 unspecified atom stereocenters. The summed E-state index contributed by atoms with van der Waals surface area (Å²) >= 11 is 0. The molecule has 1 N–H and O–H groups in total. The lowest BCUT2D eigenvalue weighted by Crippen LogP contribution is -2.41. The highest BCUT2D eigenvalue weighted by Gasteiger charge is 2.52. The summed E-state index contributed by atoms with van der Waals surface area (Å²) in [5, 5.41) is 0.724. The van der Waals surface area contributed by atoms with Gasteiger partial charge in [-0.1, -0.05) is 18.2 Å². The number of rotatable bonds is 5. The normalized spacial score (nSPS) is 17.6. The predicted molar refractivity (Wildman–Crippen MR) is 119 cm³/mol. The van der Waals surface area contributed by atoms with E-state index in [2.05, 4.69) is 14.7 Å². The maximum Gasteiger partial charge on any atom is 0.496 e. The summed E-state index contributed by atoms with van der Waals surface area (Å²) in [5.41, 5.74) is 0.0694. The van der Waals surface area contributed by atoms with Gasteiger partial charge in [-0.2, -0.15) is 0 Å². The van der Waals surface area contributed by atoms with Crippen molar-refractivity contribution in [3.63, 3.8) is 0 Å². The quantitative estimate of drug-likeness (QED) is 0.608. The molecule has 0 spiro atoms. The highest BCUT2D eigenvalue weighted by Crippen LogP contribution is 2.37. The van der Waals surface area contributed by atoms with Crippen LogP contribution in [0.1, 0.15) is 27.7 Å². The Hall–Kier alpha value is -2.69. The third kappa shape index (κ3) is 3.86. The summed E-state index contributed by atoms with van der Waals surface area (Å²) in [6, 6.07) is 10.2. The van der Waals surface area contributed by atoms with E-state index in [0.29, 0.717) is 11.0 Å². The summed E-state index contributed by atoms with van der Waals surface area (Å²) in [4.78, 5) is 8.55. The van der Waals surface area contributed by atoms with Crippen molar-refractivity contribution < 1.29 is 22.5 Å². The Morgan fingerprint density at radius 3 is 2.39 bits per heavy atom. The van der Waals surface area contributed by atoms with Crippen molar-refractivity contribution in [3.8, 4) is 5.88 Å². The SMILES string of the molecule is COc1ncc(B2OC(C)(C)C(C)(C)O2)cc1NS(=O)(=O)c1cccc2cccnc12. The fourth-order valence-electron chi connectivity index (χ4n) is 3.31. The van der Waals surface area contributed by atoms with Crippen LogP contribution in [0.4, 0.5) is 5.69 Å². The fraction of sp³-hybridized carbons (Fsp3) is 0.333. The van der Waals surface area contributed by atoms with Gasteiger partial charge in [0, 0.05) is 23.2 Å². The number of methoxy groups -OCH3 is 1.